The minimum atomic E-state index is -0.159. The van der Waals surface area contributed by atoms with Crippen LogP contribution in [0.15, 0.2) is 53.5 Å². The van der Waals surface area contributed by atoms with Crippen LogP contribution in [0.2, 0.25) is 0 Å². The summed E-state index contributed by atoms with van der Waals surface area (Å²) in [6, 6.07) is 14.0. The molecule has 3 aromatic rings. The lowest BCUT2D eigenvalue weighted by atomic mass is 9.97. The summed E-state index contributed by atoms with van der Waals surface area (Å²) in [5.41, 5.74) is 2.14. The molecule has 1 saturated heterocycles. The fraction of sp³-hybridized carbons (Fsp3) is 0.391. The second kappa shape index (κ2) is 7.89. The lowest BCUT2D eigenvalue weighted by Crippen LogP contribution is -2.46. The molecule has 30 heavy (non-hydrogen) atoms. The van der Waals surface area contributed by atoms with Crippen LogP contribution >= 0.6 is 0 Å². The van der Waals surface area contributed by atoms with Crippen LogP contribution in [0.5, 0.6) is 0 Å². The lowest BCUT2D eigenvalue weighted by molar-refractivity contribution is -0.125. The van der Waals surface area contributed by atoms with E-state index in [4.69, 9.17) is 0 Å². The van der Waals surface area contributed by atoms with E-state index in [2.05, 4.69) is 15.3 Å². The number of amides is 1. The number of benzene rings is 1. The van der Waals surface area contributed by atoms with E-state index in [1.807, 2.05) is 47.4 Å². The smallest absolute Gasteiger partial charge is 0.295 e. The number of nitrogens with zero attached hydrogens (tertiary/aromatic N) is 4. The molecule has 3 heterocycles. The minimum absolute atomic E-state index is 0.104. The van der Waals surface area contributed by atoms with Crippen molar-refractivity contribution in [3.05, 3.63) is 64.6 Å². The van der Waals surface area contributed by atoms with Crippen LogP contribution in [0.1, 0.15) is 31.2 Å². The second-order valence-corrected chi connectivity index (χ2v) is 8.23. The second-order valence-electron chi connectivity index (χ2n) is 8.23. The van der Waals surface area contributed by atoms with Gasteiger partial charge in [-0.25, -0.2) is 9.97 Å². The van der Waals surface area contributed by atoms with Crippen LogP contribution in [-0.2, 0) is 11.3 Å². The highest BCUT2D eigenvalue weighted by atomic mass is 16.2. The van der Waals surface area contributed by atoms with E-state index in [9.17, 15) is 9.59 Å². The van der Waals surface area contributed by atoms with Crippen molar-refractivity contribution < 1.29 is 4.79 Å². The molecule has 1 atom stereocenters. The molecule has 2 aromatic heterocycles. The molecule has 1 unspecified atom stereocenters. The van der Waals surface area contributed by atoms with Gasteiger partial charge in [0.25, 0.3) is 5.56 Å². The fourth-order valence-electron chi connectivity index (χ4n) is 4.11. The van der Waals surface area contributed by atoms with Crippen LogP contribution < -0.4 is 15.8 Å². The average molecular weight is 403 g/mol. The minimum Gasteiger partial charge on any atom is -0.353 e. The number of hydrogen-bond acceptors (Lipinski definition) is 5. The monoisotopic (exact) mass is 403 g/mol. The summed E-state index contributed by atoms with van der Waals surface area (Å²) in [5.74, 6) is 0.414. The van der Waals surface area contributed by atoms with Crippen molar-refractivity contribution in [2.24, 2.45) is 5.92 Å². The zero-order valence-corrected chi connectivity index (χ0v) is 16.8. The Morgan fingerprint density at radius 2 is 1.93 bits per heavy atom. The summed E-state index contributed by atoms with van der Waals surface area (Å²) >= 11 is 0. The van der Waals surface area contributed by atoms with Crippen LogP contribution in [-0.4, -0.2) is 39.6 Å². The Labute approximate surface area is 174 Å². The quantitative estimate of drug-likeness (QED) is 0.707. The molecule has 1 amide bonds. The molecule has 154 valence electrons. The van der Waals surface area contributed by atoms with Gasteiger partial charge in [-0.2, -0.15) is 0 Å². The van der Waals surface area contributed by atoms with Crippen molar-refractivity contribution >= 4 is 22.9 Å². The maximum atomic E-state index is 13.5. The van der Waals surface area contributed by atoms with E-state index in [1.165, 1.54) is 0 Å². The predicted octanol–water partition coefficient (Wildman–Crippen LogP) is 2.33. The molecule has 2 aliphatic rings. The number of anilines is 1. The van der Waals surface area contributed by atoms with Crippen LogP contribution in [0.25, 0.3) is 11.2 Å². The van der Waals surface area contributed by atoms with Gasteiger partial charge in [-0.3, -0.25) is 14.2 Å². The number of hydrogen-bond donors (Lipinski definition) is 1. The van der Waals surface area contributed by atoms with E-state index in [-0.39, 0.29) is 17.4 Å². The normalized spacial score (nSPS) is 19.1. The largest absolute Gasteiger partial charge is 0.353 e. The van der Waals surface area contributed by atoms with Crippen LogP contribution in [0, 0.1) is 5.92 Å². The first-order valence-electron chi connectivity index (χ1n) is 10.6. The third kappa shape index (κ3) is 3.79. The summed E-state index contributed by atoms with van der Waals surface area (Å²) in [5, 5.41) is 3.10. The van der Waals surface area contributed by atoms with Gasteiger partial charge < -0.3 is 10.2 Å². The molecule has 7 heteroatoms. The van der Waals surface area contributed by atoms with Gasteiger partial charge in [-0.1, -0.05) is 30.3 Å². The number of pyridine rings is 1. The first-order valence-corrected chi connectivity index (χ1v) is 10.6. The molecule has 1 aliphatic heterocycles. The molecule has 1 aromatic carbocycles. The van der Waals surface area contributed by atoms with Crippen molar-refractivity contribution in [3.8, 4) is 0 Å². The number of carbonyl (C=O) groups excluding carboxylic acids is 1. The number of rotatable bonds is 5. The van der Waals surface area contributed by atoms with Crippen molar-refractivity contribution in [1.29, 1.82) is 0 Å². The van der Waals surface area contributed by atoms with Gasteiger partial charge in [0.2, 0.25) is 5.91 Å². The number of aromatic nitrogens is 3. The molecule has 5 rings (SSSR count). The first-order chi connectivity index (χ1) is 14.7. The van der Waals surface area contributed by atoms with E-state index in [0.717, 1.165) is 37.8 Å². The lowest BCUT2D eigenvalue weighted by Gasteiger charge is -2.32. The average Bonchev–Trinajstić information content (AvgIpc) is 3.60. The Morgan fingerprint density at radius 1 is 1.10 bits per heavy atom. The van der Waals surface area contributed by atoms with Crippen molar-refractivity contribution in [3.63, 3.8) is 0 Å². The molecule has 0 spiro atoms. The number of nitrogens with one attached hydrogen (secondary N) is 1. The number of carbonyl (C=O) groups is 1. The number of fused-ring (bicyclic) bond motifs is 1. The highest BCUT2D eigenvalue weighted by Gasteiger charge is 2.32. The van der Waals surface area contributed by atoms with Crippen LogP contribution in [0.4, 0.5) is 5.82 Å². The molecule has 2 fully saturated rings. The Hall–Kier alpha value is -3.22. The van der Waals surface area contributed by atoms with Gasteiger partial charge in [0.15, 0.2) is 11.5 Å². The van der Waals surface area contributed by atoms with Crippen molar-refractivity contribution in [2.75, 3.05) is 18.0 Å². The maximum Gasteiger partial charge on any atom is 0.295 e. The zero-order chi connectivity index (χ0) is 20.5. The standard InChI is InChI=1S/C23H25N5O2/c29-22(25-18-10-11-18)17-8-5-13-27(15-17)21-23(30)28(14-16-6-2-1-3-7-16)20-19(26-21)9-4-12-24-20/h1-4,6-7,9,12,17-18H,5,8,10-11,13-15H2,(H,25,29). The number of piperidine rings is 1. The molecular weight excluding hydrogens is 378 g/mol. The summed E-state index contributed by atoms with van der Waals surface area (Å²) in [6.07, 6.45) is 5.55. The SMILES string of the molecule is O=C(NC1CC1)C1CCCN(c2nc3cccnc3n(Cc3ccccc3)c2=O)C1. The molecule has 7 nitrogen and oxygen atoms in total. The molecular formula is C23H25N5O2. The highest BCUT2D eigenvalue weighted by molar-refractivity contribution is 5.80. The summed E-state index contributed by atoms with van der Waals surface area (Å²) in [7, 11) is 0. The van der Waals surface area contributed by atoms with Gasteiger partial charge in [-0.05, 0) is 43.4 Å². The molecule has 1 aliphatic carbocycles. The zero-order valence-electron chi connectivity index (χ0n) is 16.8. The summed E-state index contributed by atoms with van der Waals surface area (Å²) in [4.78, 5) is 37.1. The van der Waals surface area contributed by atoms with Gasteiger partial charge in [0.05, 0.1) is 12.5 Å². The third-order valence-corrected chi connectivity index (χ3v) is 5.88. The molecule has 1 saturated carbocycles. The van der Waals surface area contributed by atoms with Crippen molar-refractivity contribution in [1.82, 2.24) is 19.9 Å². The van der Waals surface area contributed by atoms with E-state index in [0.29, 0.717) is 36.1 Å². The van der Waals surface area contributed by atoms with Gasteiger partial charge in [0, 0.05) is 25.3 Å². The first kappa shape index (κ1) is 18.8. The Balaban J connectivity index is 1.50. The van der Waals surface area contributed by atoms with E-state index in [1.54, 1.807) is 10.8 Å². The Morgan fingerprint density at radius 3 is 2.73 bits per heavy atom. The molecule has 1 N–H and O–H groups in total. The van der Waals surface area contributed by atoms with Crippen molar-refractivity contribution in [2.45, 2.75) is 38.3 Å². The fourth-order valence-corrected chi connectivity index (χ4v) is 4.11. The van der Waals surface area contributed by atoms with Crippen LogP contribution in [0.3, 0.4) is 0 Å². The highest BCUT2D eigenvalue weighted by Crippen LogP contribution is 2.24. The Kier molecular flexibility index (Phi) is 4.94. The topological polar surface area (TPSA) is 80.1 Å². The Bertz CT molecular complexity index is 1120. The van der Waals surface area contributed by atoms with Gasteiger partial charge in [0.1, 0.15) is 5.52 Å². The molecule has 0 bridgehead atoms. The third-order valence-electron chi connectivity index (χ3n) is 5.88. The maximum absolute atomic E-state index is 13.5. The predicted molar refractivity (Wildman–Crippen MR) is 115 cm³/mol. The van der Waals surface area contributed by atoms with E-state index < -0.39 is 0 Å². The van der Waals surface area contributed by atoms with Gasteiger partial charge >= 0.3 is 0 Å². The summed E-state index contributed by atoms with van der Waals surface area (Å²) < 4.78 is 1.70. The molecule has 0 radical (unpaired) electrons. The van der Waals surface area contributed by atoms with E-state index >= 15 is 0 Å². The summed E-state index contributed by atoms with van der Waals surface area (Å²) in [6.45, 7) is 1.69. The van der Waals surface area contributed by atoms with Gasteiger partial charge in [-0.15, -0.1) is 0 Å².